The molecule has 104 valence electrons. The standard InChI is InChI=1S/C10H11F3N4O2/c11-10(12,13)9-14-5-7(6-15-9)8(18)16-17-1-3-19-4-2-17/h5-6H,1-4H2,(H,16,18). The van der Waals surface area contributed by atoms with Crippen LogP contribution in [0.2, 0.25) is 0 Å². The van der Waals surface area contributed by atoms with Crippen molar-refractivity contribution in [1.29, 1.82) is 0 Å². The van der Waals surface area contributed by atoms with Crippen molar-refractivity contribution in [3.05, 3.63) is 23.8 Å². The smallest absolute Gasteiger partial charge is 0.379 e. The van der Waals surface area contributed by atoms with Crippen LogP contribution in [-0.2, 0) is 10.9 Å². The van der Waals surface area contributed by atoms with Crippen molar-refractivity contribution in [3.63, 3.8) is 0 Å². The maximum atomic E-state index is 12.2. The minimum absolute atomic E-state index is 0.0282. The molecule has 1 fully saturated rings. The molecule has 9 heteroatoms. The molecule has 1 aromatic rings. The van der Waals surface area contributed by atoms with E-state index in [2.05, 4.69) is 15.4 Å². The molecule has 0 radical (unpaired) electrons. The number of morpholine rings is 1. The molecular weight excluding hydrogens is 265 g/mol. The summed E-state index contributed by atoms with van der Waals surface area (Å²) in [6.45, 7) is 2.02. The Balaban J connectivity index is 1.99. The summed E-state index contributed by atoms with van der Waals surface area (Å²) in [5.74, 6) is -1.81. The lowest BCUT2D eigenvalue weighted by atomic mass is 10.3. The Morgan fingerprint density at radius 1 is 1.26 bits per heavy atom. The van der Waals surface area contributed by atoms with E-state index in [1.54, 1.807) is 5.01 Å². The third-order valence-electron chi connectivity index (χ3n) is 2.44. The topological polar surface area (TPSA) is 67.4 Å². The summed E-state index contributed by atoms with van der Waals surface area (Å²) in [5, 5.41) is 1.63. The number of halogens is 3. The van der Waals surface area contributed by atoms with Gasteiger partial charge in [0.15, 0.2) is 0 Å². The van der Waals surface area contributed by atoms with Crippen LogP contribution in [0.1, 0.15) is 16.2 Å². The predicted molar refractivity (Wildman–Crippen MR) is 56.9 cm³/mol. The highest BCUT2D eigenvalue weighted by atomic mass is 19.4. The highest BCUT2D eigenvalue weighted by Crippen LogP contribution is 2.25. The van der Waals surface area contributed by atoms with Gasteiger partial charge < -0.3 is 4.74 Å². The van der Waals surface area contributed by atoms with Crippen LogP contribution in [0.3, 0.4) is 0 Å². The average Bonchev–Trinajstić information content (AvgIpc) is 2.39. The number of carbonyl (C=O) groups is 1. The lowest BCUT2D eigenvalue weighted by molar-refractivity contribution is -0.145. The molecule has 0 atom stereocenters. The Bertz CT molecular complexity index is 443. The number of aromatic nitrogens is 2. The minimum Gasteiger partial charge on any atom is -0.379 e. The largest absolute Gasteiger partial charge is 0.451 e. The number of alkyl halides is 3. The van der Waals surface area contributed by atoms with Crippen LogP contribution >= 0.6 is 0 Å². The lowest BCUT2D eigenvalue weighted by Gasteiger charge is -2.26. The molecule has 19 heavy (non-hydrogen) atoms. The third-order valence-corrected chi connectivity index (χ3v) is 2.44. The number of amides is 1. The van der Waals surface area contributed by atoms with Crippen LogP contribution in [0.4, 0.5) is 13.2 Å². The molecule has 2 heterocycles. The molecular formula is C10H11F3N4O2. The van der Waals surface area contributed by atoms with Gasteiger partial charge in [0.1, 0.15) is 0 Å². The summed E-state index contributed by atoms with van der Waals surface area (Å²) < 4.78 is 41.8. The number of carbonyl (C=O) groups excluding carboxylic acids is 1. The first-order valence-corrected chi connectivity index (χ1v) is 5.50. The van der Waals surface area contributed by atoms with Crippen molar-refractivity contribution in [1.82, 2.24) is 20.4 Å². The van der Waals surface area contributed by atoms with Crippen LogP contribution < -0.4 is 5.43 Å². The number of ether oxygens (including phenoxy) is 1. The molecule has 0 saturated carbocycles. The zero-order valence-corrected chi connectivity index (χ0v) is 9.78. The van der Waals surface area contributed by atoms with E-state index < -0.39 is 17.9 Å². The van der Waals surface area contributed by atoms with Crippen molar-refractivity contribution in [2.45, 2.75) is 6.18 Å². The van der Waals surface area contributed by atoms with E-state index in [0.29, 0.717) is 26.3 Å². The number of nitrogens with zero attached hydrogens (tertiary/aromatic N) is 3. The van der Waals surface area contributed by atoms with E-state index in [1.165, 1.54) is 0 Å². The van der Waals surface area contributed by atoms with Crippen molar-refractivity contribution < 1.29 is 22.7 Å². The molecule has 0 unspecified atom stereocenters. The Kier molecular flexibility index (Phi) is 3.96. The zero-order valence-electron chi connectivity index (χ0n) is 9.78. The van der Waals surface area contributed by atoms with Gasteiger partial charge in [-0.3, -0.25) is 10.2 Å². The van der Waals surface area contributed by atoms with Crippen LogP contribution in [0.5, 0.6) is 0 Å². The minimum atomic E-state index is -4.61. The van der Waals surface area contributed by atoms with E-state index in [9.17, 15) is 18.0 Å². The molecule has 1 aliphatic rings. The third kappa shape index (κ3) is 3.61. The first-order chi connectivity index (χ1) is 8.97. The number of hydrazine groups is 1. The van der Waals surface area contributed by atoms with Gasteiger partial charge in [-0.25, -0.2) is 15.0 Å². The highest BCUT2D eigenvalue weighted by molar-refractivity contribution is 5.93. The fraction of sp³-hybridized carbons (Fsp3) is 0.500. The number of nitrogens with one attached hydrogen (secondary N) is 1. The van der Waals surface area contributed by atoms with Gasteiger partial charge in [0.25, 0.3) is 5.91 Å². The lowest BCUT2D eigenvalue weighted by Crippen LogP contribution is -2.48. The summed E-state index contributed by atoms with van der Waals surface area (Å²) in [4.78, 5) is 18.0. The van der Waals surface area contributed by atoms with Gasteiger partial charge in [-0.15, -0.1) is 0 Å². The summed E-state index contributed by atoms with van der Waals surface area (Å²) in [7, 11) is 0. The first-order valence-electron chi connectivity index (χ1n) is 5.50. The van der Waals surface area contributed by atoms with E-state index in [0.717, 1.165) is 12.4 Å². The Morgan fingerprint density at radius 3 is 2.37 bits per heavy atom. The molecule has 1 N–H and O–H groups in total. The monoisotopic (exact) mass is 276 g/mol. The SMILES string of the molecule is O=C(NN1CCOCC1)c1cnc(C(F)(F)F)nc1. The molecule has 1 aromatic heterocycles. The fourth-order valence-electron chi connectivity index (χ4n) is 1.47. The second-order valence-corrected chi connectivity index (χ2v) is 3.83. The fourth-order valence-corrected chi connectivity index (χ4v) is 1.47. The molecule has 1 saturated heterocycles. The van der Waals surface area contributed by atoms with Crippen LogP contribution in [-0.4, -0.2) is 47.2 Å². The van der Waals surface area contributed by atoms with Gasteiger partial charge in [0.2, 0.25) is 5.82 Å². The molecule has 1 amide bonds. The summed E-state index contributed by atoms with van der Waals surface area (Å²) in [6.07, 6.45) is -2.91. The van der Waals surface area contributed by atoms with Gasteiger partial charge in [-0.05, 0) is 0 Å². The van der Waals surface area contributed by atoms with Crippen molar-refractivity contribution >= 4 is 5.91 Å². The van der Waals surface area contributed by atoms with Crippen molar-refractivity contribution in [2.75, 3.05) is 26.3 Å². The van der Waals surface area contributed by atoms with E-state index in [-0.39, 0.29) is 5.56 Å². The van der Waals surface area contributed by atoms with Gasteiger partial charge >= 0.3 is 6.18 Å². The second kappa shape index (κ2) is 5.49. The van der Waals surface area contributed by atoms with Gasteiger partial charge in [0.05, 0.1) is 18.8 Å². The Hall–Kier alpha value is -1.74. The molecule has 6 nitrogen and oxygen atoms in total. The van der Waals surface area contributed by atoms with E-state index in [1.807, 2.05) is 0 Å². The normalized spacial score (nSPS) is 17.2. The second-order valence-electron chi connectivity index (χ2n) is 3.83. The summed E-state index contributed by atoms with van der Waals surface area (Å²) in [6, 6.07) is 0. The van der Waals surface area contributed by atoms with E-state index >= 15 is 0 Å². The molecule has 0 spiro atoms. The average molecular weight is 276 g/mol. The molecule has 0 aliphatic carbocycles. The zero-order chi connectivity index (χ0) is 13.9. The molecule has 1 aliphatic heterocycles. The van der Waals surface area contributed by atoms with Gasteiger partial charge in [0, 0.05) is 25.5 Å². The van der Waals surface area contributed by atoms with E-state index in [4.69, 9.17) is 4.74 Å². The Morgan fingerprint density at radius 2 is 1.84 bits per heavy atom. The number of rotatable bonds is 2. The Labute approximate surface area is 106 Å². The summed E-state index contributed by atoms with van der Waals surface area (Å²) in [5.41, 5.74) is 2.52. The van der Waals surface area contributed by atoms with Crippen LogP contribution in [0.25, 0.3) is 0 Å². The maximum Gasteiger partial charge on any atom is 0.451 e. The van der Waals surface area contributed by atoms with Crippen LogP contribution in [0, 0.1) is 0 Å². The van der Waals surface area contributed by atoms with Crippen molar-refractivity contribution in [3.8, 4) is 0 Å². The first kappa shape index (κ1) is 13.7. The molecule has 0 bridgehead atoms. The molecule has 0 aromatic carbocycles. The quantitative estimate of drug-likeness (QED) is 0.850. The summed E-state index contributed by atoms with van der Waals surface area (Å²) >= 11 is 0. The number of hydrogen-bond acceptors (Lipinski definition) is 5. The number of hydrogen-bond donors (Lipinski definition) is 1. The van der Waals surface area contributed by atoms with Gasteiger partial charge in [-0.1, -0.05) is 0 Å². The predicted octanol–water partition coefficient (Wildman–Crippen LogP) is 0.472. The highest BCUT2D eigenvalue weighted by Gasteiger charge is 2.34. The van der Waals surface area contributed by atoms with Gasteiger partial charge in [-0.2, -0.15) is 13.2 Å². The maximum absolute atomic E-state index is 12.2. The van der Waals surface area contributed by atoms with Crippen LogP contribution in [0.15, 0.2) is 12.4 Å². The molecule has 2 rings (SSSR count). The van der Waals surface area contributed by atoms with Crippen molar-refractivity contribution in [2.24, 2.45) is 0 Å².